The van der Waals surface area contributed by atoms with Gasteiger partial charge in [-0.2, -0.15) is 0 Å². The number of hydrogen-bond donors (Lipinski definition) is 2. The highest BCUT2D eigenvalue weighted by Gasteiger charge is 2.66. The Kier molecular flexibility index (Phi) is 7.66. The molecule has 14 atom stereocenters. The van der Waals surface area contributed by atoms with Crippen LogP contribution in [0.15, 0.2) is 48.5 Å². The Bertz CT molecular complexity index is 1450. The second kappa shape index (κ2) is 11.4. The number of aromatic carboxylic acids is 2. The van der Waals surface area contributed by atoms with E-state index in [2.05, 4.69) is 13.8 Å². The van der Waals surface area contributed by atoms with Gasteiger partial charge in [-0.05, 0) is 24.3 Å². The number of benzene rings is 2. The molecule has 0 amide bonds. The molecule has 0 spiro atoms. The van der Waals surface area contributed by atoms with E-state index >= 15 is 0 Å². The van der Waals surface area contributed by atoms with Crippen molar-refractivity contribution in [1.82, 2.24) is 0 Å². The topological polar surface area (TPSA) is 164 Å². The summed E-state index contributed by atoms with van der Waals surface area (Å²) in [7, 11) is 0. The molecule has 244 valence electrons. The predicted molar refractivity (Wildman–Crippen MR) is 157 cm³/mol. The Morgan fingerprint density at radius 2 is 0.783 bits per heavy atom. The number of ether oxygens (including phenoxy) is 6. The minimum atomic E-state index is -1.15. The van der Waals surface area contributed by atoms with E-state index in [1.54, 1.807) is 24.3 Å². The molecule has 0 aliphatic carbocycles. The number of carbonyl (C=O) groups excluding carboxylic acids is 2. The molecule has 46 heavy (non-hydrogen) atoms. The molecule has 8 aliphatic heterocycles. The molecule has 0 aromatic heterocycles. The summed E-state index contributed by atoms with van der Waals surface area (Å²) in [6.07, 6.45) is -1.63. The van der Waals surface area contributed by atoms with E-state index in [-0.39, 0.29) is 94.8 Å². The van der Waals surface area contributed by atoms with Crippen LogP contribution in [0.1, 0.15) is 69.1 Å². The van der Waals surface area contributed by atoms with Crippen molar-refractivity contribution in [3.05, 3.63) is 70.8 Å². The normalized spacial score (nSPS) is 40.3. The minimum Gasteiger partial charge on any atom is -0.478 e. The molecule has 8 aliphatic rings. The van der Waals surface area contributed by atoms with Gasteiger partial charge in [-0.3, -0.25) is 0 Å². The van der Waals surface area contributed by atoms with E-state index < -0.39 is 36.1 Å². The molecule has 8 fully saturated rings. The van der Waals surface area contributed by atoms with E-state index in [1.165, 1.54) is 24.3 Å². The fourth-order valence-electron chi connectivity index (χ4n) is 8.32. The first-order valence-electron chi connectivity index (χ1n) is 15.7. The molecule has 8 heterocycles. The molecule has 0 saturated carbocycles. The van der Waals surface area contributed by atoms with Crippen molar-refractivity contribution in [2.45, 2.75) is 88.7 Å². The van der Waals surface area contributed by atoms with Crippen LogP contribution in [0.2, 0.25) is 0 Å². The monoisotopic (exact) mass is 636 g/mol. The summed E-state index contributed by atoms with van der Waals surface area (Å²) in [5.74, 6) is -2.74. The van der Waals surface area contributed by atoms with Crippen molar-refractivity contribution < 1.29 is 57.8 Å². The average molecular weight is 637 g/mol. The van der Waals surface area contributed by atoms with Crippen molar-refractivity contribution in [3.63, 3.8) is 0 Å². The van der Waals surface area contributed by atoms with Crippen molar-refractivity contribution >= 4 is 23.9 Å². The van der Waals surface area contributed by atoms with E-state index in [0.717, 1.165) is 0 Å². The summed E-state index contributed by atoms with van der Waals surface area (Å²) < 4.78 is 35.2. The highest BCUT2D eigenvalue weighted by Crippen LogP contribution is 2.52. The van der Waals surface area contributed by atoms with E-state index in [1.807, 2.05) is 13.8 Å². The summed E-state index contributed by atoms with van der Waals surface area (Å²) in [5.41, 5.74) is -0.0162. The number of rotatable bonds is 6. The van der Waals surface area contributed by atoms with Gasteiger partial charge in [-0.25, -0.2) is 19.2 Å². The minimum absolute atomic E-state index is 0.0475. The summed E-state index contributed by atoms with van der Waals surface area (Å²) in [6.45, 7) is 8.25. The van der Waals surface area contributed by atoms with E-state index in [9.17, 15) is 29.4 Å². The Labute approximate surface area is 264 Å². The van der Waals surface area contributed by atoms with Crippen LogP contribution in [0.25, 0.3) is 0 Å². The highest BCUT2D eigenvalue weighted by molar-refractivity contribution is 6.03. The number of carbonyl (C=O) groups is 4. The quantitative estimate of drug-likeness (QED) is 0.445. The molecule has 2 aromatic carbocycles. The van der Waals surface area contributed by atoms with Gasteiger partial charge in [0.2, 0.25) is 0 Å². The van der Waals surface area contributed by atoms with Gasteiger partial charge < -0.3 is 38.6 Å². The number of esters is 2. The van der Waals surface area contributed by atoms with E-state index in [0.29, 0.717) is 0 Å². The molecule has 2 N–H and O–H groups in total. The van der Waals surface area contributed by atoms with Crippen molar-refractivity contribution in [1.29, 1.82) is 0 Å². The maximum absolute atomic E-state index is 12.5. The van der Waals surface area contributed by atoms with Crippen LogP contribution >= 0.6 is 0 Å². The SMILES string of the molecule is C[C@@H]1[C@@H]2O[C@@H]3[C@@H](OC(=O)c4ccccc4C(=O)O)[C@H]1O[C@@H]3[C@H]2C.C[C@@H]1[C@@H]2O[C@H]3[C@H](OC(=O)c4ccccc4C(=O)O)[C@H](O[C@@H]13)[C@H]2C. The second-order valence-electron chi connectivity index (χ2n) is 13.1. The molecule has 12 nitrogen and oxygen atoms in total. The lowest BCUT2D eigenvalue weighted by Crippen LogP contribution is -2.49. The van der Waals surface area contributed by atoms with Crippen molar-refractivity contribution in [2.75, 3.05) is 0 Å². The van der Waals surface area contributed by atoms with Gasteiger partial charge in [-0.1, -0.05) is 52.0 Å². The Hall–Kier alpha value is -3.84. The van der Waals surface area contributed by atoms with Crippen LogP contribution < -0.4 is 0 Å². The van der Waals surface area contributed by atoms with Crippen LogP contribution in [-0.2, 0) is 28.4 Å². The lowest BCUT2D eigenvalue weighted by atomic mass is 9.87. The summed E-state index contributed by atoms with van der Waals surface area (Å²) in [5, 5.41) is 18.4. The maximum Gasteiger partial charge on any atom is 0.339 e. The molecule has 12 heteroatoms. The Morgan fingerprint density at radius 1 is 0.478 bits per heavy atom. The van der Waals surface area contributed by atoms with Gasteiger partial charge in [0.05, 0.1) is 46.7 Å². The summed E-state index contributed by atoms with van der Waals surface area (Å²) >= 11 is 0. The largest absolute Gasteiger partial charge is 0.478 e. The third-order valence-corrected chi connectivity index (χ3v) is 10.6. The fourth-order valence-corrected chi connectivity index (χ4v) is 8.32. The first-order chi connectivity index (χ1) is 22.0. The molecule has 10 rings (SSSR count). The zero-order valence-corrected chi connectivity index (χ0v) is 25.7. The average Bonchev–Trinajstić information content (AvgIpc) is 3.68. The van der Waals surface area contributed by atoms with E-state index in [4.69, 9.17) is 28.4 Å². The van der Waals surface area contributed by atoms with Gasteiger partial charge in [0.1, 0.15) is 24.4 Å². The molecular formula is C34H36O12. The number of hydrogen-bond acceptors (Lipinski definition) is 10. The fraction of sp³-hybridized carbons (Fsp3) is 0.529. The lowest BCUT2D eigenvalue weighted by molar-refractivity contribution is -0.152. The third-order valence-electron chi connectivity index (χ3n) is 10.6. The zero-order valence-electron chi connectivity index (χ0n) is 25.7. The van der Waals surface area contributed by atoms with Crippen molar-refractivity contribution in [3.8, 4) is 0 Å². The molecule has 2 aromatic rings. The molecule has 0 radical (unpaired) electrons. The van der Waals surface area contributed by atoms with Gasteiger partial charge in [0.25, 0.3) is 0 Å². The summed E-state index contributed by atoms with van der Waals surface area (Å²) in [4.78, 5) is 47.4. The molecule has 0 unspecified atom stereocenters. The van der Waals surface area contributed by atoms with Crippen LogP contribution in [0, 0.1) is 23.7 Å². The zero-order chi connectivity index (χ0) is 32.6. The summed E-state index contributed by atoms with van der Waals surface area (Å²) in [6, 6.07) is 12.1. The number of carboxylic acid groups (broad SMARTS) is 2. The molecule has 8 bridgehead atoms. The van der Waals surface area contributed by atoms with Crippen LogP contribution in [-0.4, -0.2) is 95.1 Å². The first-order valence-corrected chi connectivity index (χ1v) is 15.7. The number of carboxylic acids is 2. The Balaban J connectivity index is 0.000000147. The molecule has 8 saturated heterocycles. The van der Waals surface area contributed by atoms with Crippen molar-refractivity contribution in [2.24, 2.45) is 23.7 Å². The van der Waals surface area contributed by atoms with Crippen LogP contribution in [0.4, 0.5) is 0 Å². The Morgan fingerprint density at radius 3 is 1.13 bits per heavy atom. The van der Waals surface area contributed by atoms with Gasteiger partial charge >= 0.3 is 23.9 Å². The van der Waals surface area contributed by atoms with Gasteiger partial charge in [-0.15, -0.1) is 0 Å². The van der Waals surface area contributed by atoms with Crippen LogP contribution in [0.5, 0.6) is 0 Å². The smallest absolute Gasteiger partial charge is 0.339 e. The van der Waals surface area contributed by atoms with Crippen LogP contribution in [0.3, 0.4) is 0 Å². The molecular weight excluding hydrogens is 600 g/mol. The second-order valence-corrected chi connectivity index (χ2v) is 13.1. The maximum atomic E-state index is 12.5. The third kappa shape index (κ3) is 4.73. The lowest BCUT2D eigenvalue weighted by Gasteiger charge is -2.38. The first kappa shape index (κ1) is 30.8. The van der Waals surface area contributed by atoms with Gasteiger partial charge in [0, 0.05) is 23.7 Å². The standard InChI is InChI=1S/2C17H18O6/c2*1-7-11-8(2)13-15(14(21-11)12(7)22-13)23-17(20)10-6-4-3-5-9(10)16(18)19/h2*3-8,11-15H,1-2H3,(H,18,19)/t2*7-,8+,11+,12+,13-,14-,15-/m10/s1. The predicted octanol–water partition coefficient (Wildman–Crippen LogP) is 3.46. The highest BCUT2D eigenvalue weighted by atomic mass is 16.7. The van der Waals surface area contributed by atoms with Gasteiger partial charge in [0.15, 0.2) is 12.2 Å².